The Balaban J connectivity index is 0.00000250. The van der Waals surface area contributed by atoms with Crippen LogP contribution in [0.1, 0.15) is 72.8 Å². The van der Waals surface area contributed by atoms with Gasteiger partial charge in [-0.05, 0) is 99.5 Å². The first-order chi connectivity index (χ1) is 21.7. The monoisotopic (exact) mass is 639 g/mol. The molecule has 8 nitrogen and oxygen atoms in total. The number of piperidine rings is 1. The first-order valence-electron chi connectivity index (χ1n) is 17.4. The molecule has 1 aliphatic carbocycles. The summed E-state index contributed by atoms with van der Waals surface area (Å²) in [6.45, 7) is 13.0. The van der Waals surface area contributed by atoms with Crippen LogP contribution >= 0.6 is 0 Å². The first-order valence-corrected chi connectivity index (χ1v) is 18.9. The number of likely N-dealkylation sites (N-methyl/N-ethyl adjacent to an activating group) is 1. The van der Waals surface area contributed by atoms with E-state index >= 15 is 0 Å². The van der Waals surface area contributed by atoms with E-state index in [9.17, 15) is 13.2 Å². The van der Waals surface area contributed by atoms with Gasteiger partial charge >= 0.3 is 6.03 Å². The molecule has 0 radical (unpaired) electrons. The van der Waals surface area contributed by atoms with Crippen molar-refractivity contribution in [3.8, 4) is 0 Å². The molecule has 2 N–H and O–H groups in total. The SMILES string of the molecule is CCC[C@@H](CC1(C2CCN(CC3CN(c4ccc(S(=O)(=O)C5CC5)cc4)C3)CC2)CN(CC)Cc2ccccc21)NC(=O)NC.[HH].[HH]. The summed E-state index contributed by atoms with van der Waals surface area (Å²) in [5, 5.41) is 5.94. The number of likely N-dealkylation sites (tertiary alicyclic amines) is 1. The maximum Gasteiger partial charge on any atom is 0.314 e. The molecule has 2 aromatic rings. The van der Waals surface area contributed by atoms with Crippen LogP contribution in [0, 0.1) is 11.8 Å². The lowest BCUT2D eigenvalue weighted by molar-refractivity contribution is 0.0592. The Morgan fingerprint density at radius 3 is 2.36 bits per heavy atom. The van der Waals surface area contributed by atoms with Crippen molar-refractivity contribution < 1.29 is 16.1 Å². The summed E-state index contributed by atoms with van der Waals surface area (Å²) in [5.74, 6) is 1.21. The number of carbonyl (C=O) groups excluding carboxylic acids is 1. The van der Waals surface area contributed by atoms with E-state index in [-0.39, 0.29) is 25.6 Å². The van der Waals surface area contributed by atoms with Gasteiger partial charge in [-0.3, -0.25) is 4.90 Å². The molecule has 3 heterocycles. The minimum absolute atomic E-state index is 0. The largest absolute Gasteiger partial charge is 0.371 e. The van der Waals surface area contributed by atoms with Crippen LogP contribution in [-0.4, -0.2) is 88.4 Å². The minimum atomic E-state index is -3.13. The maximum atomic E-state index is 12.6. The fourth-order valence-electron chi connectivity index (χ4n) is 8.46. The number of carbonyl (C=O) groups is 1. The molecular formula is C36H57N5O3S. The molecule has 250 valence electrons. The van der Waals surface area contributed by atoms with E-state index in [4.69, 9.17) is 0 Å². The van der Waals surface area contributed by atoms with Gasteiger partial charge in [-0.25, -0.2) is 13.2 Å². The predicted molar refractivity (Wildman–Crippen MR) is 186 cm³/mol. The predicted octanol–water partition coefficient (Wildman–Crippen LogP) is 5.52. The smallest absolute Gasteiger partial charge is 0.314 e. The van der Waals surface area contributed by atoms with Gasteiger partial charge in [0.05, 0.1) is 10.1 Å². The molecule has 3 aliphatic heterocycles. The van der Waals surface area contributed by atoms with Crippen LogP contribution in [0.15, 0.2) is 53.4 Å². The van der Waals surface area contributed by atoms with Crippen molar-refractivity contribution in [1.82, 2.24) is 20.4 Å². The number of nitrogens with one attached hydrogen (secondary N) is 2. The third-order valence-electron chi connectivity index (χ3n) is 11.0. The second-order valence-electron chi connectivity index (χ2n) is 14.1. The lowest BCUT2D eigenvalue weighted by Crippen LogP contribution is -2.57. The van der Waals surface area contributed by atoms with Gasteiger partial charge in [-0.2, -0.15) is 0 Å². The molecular weight excluding hydrogens is 582 g/mol. The highest BCUT2D eigenvalue weighted by Gasteiger charge is 2.47. The van der Waals surface area contributed by atoms with Crippen molar-refractivity contribution in [1.29, 1.82) is 0 Å². The van der Waals surface area contributed by atoms with Crippen LogP contribution in [0.25, 0.3) is 0 Å². The lowest BCUT2D eigenvalue weighted by Gasteiger charge is -2.52. The zero-order chi connectivity index (χ0) is 31.6. The normalized spacial score (nSPS) is 24.1. The fraction of sp³-hybridized carbons (Fsp3) is 0.639. The average molecular weight is 640 g/mol. The molecule has 2 saturated heterocycles. The summed E-state index contributed by atoms with van der Waals surface area (Å²) in [5.41, 5.74) is 4.11. The number of anilines is 1. The third kappa shape index (κ3) is 6.91. The van der Waals surface area contributed by atoms with Crippen molar-refractivity contribution in [3.05, 3.63) is 59.7 Å². The van der Waals surface area contributed by atoms with Crippen molar-refractivity contribution in [2.45, 2.75) is 86.9 Å². The zero-order valence-electron chi connectivity index (χ0n) is 27.5. The summed E-state index contributed by atoms with van der Waals surface area (Å²) in [7, 11) is -1.42. The van der Waals surface area contributed by atoms with E-state index < -0.39 is 9.84 Å². The average Bonchev–Trinajstić information content (AvgIpc) is 3.89. The molecule has 6 rings (SSSR count). The molecule has 2 aromatic carbocycles. The second-order valence-corrected chi connectivity index (χ2v) is 16.3. The summed E-state index contributed by atoms with van der Waals surface area (Å²) < 4.78 is 25.1. The van der Waals surface area contributed by atoms with Crippen molar-refractivity contribution in [2.75, 3.05) is 57.8 Å². The number of urea groups is 1. The summed E-state index contributed by atoms with van der Waals surface area (Å²) in [4.78, 5) is 20.6. The second kappa shape index (κ2) is 13.6. The summed E-state index contributed by atoms with van der Waals surface area (Å²) >= 11 is 0. The van der Waals surface area contributed by atoms with Gasteiger partial charge in [0, 0.05) is 65.7 Å². The summed E-state index contributed by atoms with van der Waals surface area (Å²) in [6, 6.07) is 16.7. The van der Waals surface area contributed by atoms with Gasteiger partial charge in [0.15, 0.2) is 9.84 Å². The number of fused-ring (bicyclic) bond motifs is 1. The number of benzene rings is 2. The highest BCUT2D eigenvalue weighted by molar-refractivity contribution is 7.92. The number of amides is 2. The summed E-state index contributed by atoms with van der Waals surface area (Å²) in [6.07, 6.45) is 6.97. The van der Waals surface area contributed by atoms with E-state index in [1.807, 2.05) is 12.1 Å². The number of sulfone groups is 1. The first kappa shape index (κ1) is 32.3. The molecule has 1 saturated carbocycles. The molecule has 0 bridgehead atoms. The van der Waals surface area contributed by atoms with E-state index in [1.165, 1.54) is 24.0 Å². The Kier molecular flexibility index (Phi) is 9.79. The van der Waals surface area contributed by atoms with Crippen LogP contribution in [0.5, 0.6) is 0 Å². The van der Waals surface area contributed by atoms with E-state index in [0.29, 0.717) is 16.7 Å². The highest BCUT2D eigenvalue weighted by atomic mass is 32.2. The molecule has 45 heavy (non-hydrogen) atoms. The molecule has 0 spiro atoms. The molecule has 0 aromatic heterocycles. The van der Waals surface area contributed by atoms with E-state index in [2.05, 4.69) is 63.4 Å². The molecule has 4 aliphatic rings. The Hall–Kier alpha value is -2.62. The van der Waals surface area contributed by atoms with Crippen molar-refractivity contribution in [2.24, 2.45) is 11.8 Å². The van der Waals surface area contributed by atoms with Gasteiger partial charge in [-0.1, -0.05) is 44.5 Å². The maximum absolute atomic E-state index is 12.6. The number of nitrogens with zero attached hydrogens (tertiary/aromatic N) is 3. The number of hydrogen-bond donors (Lipinski definition) is 2. The van der Waals surface area contributed by atoms with Gasteiger partial charge in [0.2, 0.25) is 0 Å². The van der Waals surface area contributed by atoms with Gasteiger partial charge in [0.1, 0.15) is 0 Å². The van der Waals surface area contributed by atoms with E-state index in [0.717, 1.165) is 90.1 Å². The van der Waals surface area contributed by atoms with Gasteiger partial charge in [-0.15, -0.1) is 0 Å². The van der Waals surface area contributed by atoms with Crippen molar-refractivity contribution >= 4 is 21.6 Å². The van der Waals surface area contributed by atoms with Crippen LogP contribution in [-0.2, 0) is 21.8 Å². The third-order valence-corrected chi connectivity index (χ3v) is 13.3. The zero-order valence-corrected chi connectivity index (χ0v) is 28.3. The lowest BCUT2D eigenvalue weighted by atomic mass is 9.60. The van der Waals surface area contributed by atoms with Gasteiger partial charge < -0.3 is 20.4 Å². The molecule has 2 amide bonds. The molecule has 1 unspecified atom stereocenters. The molecule has 2 atom stereocenters. The van der Waals surface area contributed by atoms with Crippen LogP contribution in [0.2, 0.25) is 0 Å². The quantitative estimate of drug-likeness (QED) is 0.318. The van der Waals surface area contributed by atoms with Crippen LogP contribution in [0.4, 0.5) is 10.5 Å². The Labute approximate surface area is 273 Å². The topological polar surface area (TPSA) is 85.0 Å². The fourth-order valence-corrected chi connectivity index (χ4v) is 10.1. The van der Waals surface area contributed by atoms with Gasteiger partial charge in [0.25, 0.3) is 0 Å². The van der Waals surface area contributed by atoms with Crippen LogP contribution in [0.3, 0.4) is 0 Å². The van der Waals surface area contributed by atoms with Crippen molar-refractivity contribution in [3.63, 3.8) is 0 Å². The Morgan fingerprint density at radius 1 is 1.00 bits per heavy atom. The van der Waals surface area contributed by atoms with E-state index in [1.54, 1.807) is 19.2 Å². The standard InChI is InChI=1S/C36H53N5O3S.2H2/c1-4-8-30(38-35(42)37-3)21-36(26-39(5-2)25-28-9-6-7-10-34(28)36)29-17-19-40(20-18-29)22-27-23-41(24-27)31-11-13-32(14-12-31)45(43,44)33-15-16-33;;/h6-7,9-14,27,29-30,33H,4-5,8,15-26H2,1-3H3,(H2,37,38,42);2*1H/t30-,36?;;/m0../s1. The number of hydrogen-bond acceptors (Lipinski definition) is 6. The van der Waals surface area contributed by atoms with Crippen LogP contribution < -0.4 is 15.5 Å². The Morgan fingerprint density at radius 2 is 1.71 bits per heavy atom. The molecule has 3 fully saturated rings. The number of rotatable bonds is 12. The highest BCUT2D eigenvalue weighted by Crippen LogP contribution is 2.47. The Bertz CT molecular complexity index is 1430. The molecule has 9 heteroatoms. The minimum Gasteiger partial charge on any atom is -0.371 e.